The van der Waals surface area contributed by atoms with E-state index in [0.29, 0.717) is 19.1 Å². The zero-order chi connectivity index (χ0) is 22.1. The fraction of sp³-hybridized carbons (Fsp3) is 0.458. The van der Waals surface area contributed by atoms with Crippen LogP contribution in [0.2, 0.25) is 0 Å². The molecule has 2 atom stereocenters. The second-order valence-electron chi connectivity index (χ2n) is 8.89. The summed E-state index contributed by atoms with van der Waals surface area (Å²) >= 11 is 0. The van der Waals surface area contributed by atoms with E-state index in [1.54, 1.807) is 12.1 Å². The number of anilines is 1. The van der Waals surface area contributed by atoms with Crippen molar-refractivity contribution in [1.29, 1.82) is 0 Å². The highest BCUT2D eigenvalue weighted by Gasteiger charge is 2.42. The van der Waals surface area contributed by atoms with E-state index in [1.807, 2.05) is 36.4 Å². The molecule has 0 radical (unpaired) electrons. The Hall–Kier alpha value is -3.13. The van der Waals surface area contributed by atoms with Crippen LogP contribution in [0.15, 0.2) is 48.5 Å². The van der Waals surface area contributed by atoms with Crippen molar-refractivity contribution in [3.05, 3.63) is 64.2 Å². The van der Waals surface area contributed by atoms with Gasteiger partial charge in [-0.15, -0.1) is 0 Å². The van der Waals surface area contributed by atoms with Crippen molar-refractivity contribution < 1.29 is 14.5 Å². The number of nitro groups is 1. The number of hydrogen-bond donors (Lipinski definition) is 1. The van der Waals surface area contributed by atoms with Crippen LogP contribution in [0.1, 0.15) is 18.4 Å². The molecular weight excluding hydrogens is 408 g/mol. The standard InChI is InChI=1S/C24H28N4O4/c29-24(25-18-6-7-18)21-15-17-14-19(28(30)31)8-9-22(17)27-11-10-26(16-23(21)27)12-13-32-20-4-2-1-3-5-20/h1-5,8-9,14,18,21,23H,6-7,10-13,15-16H2,(H,25,29)/t21-,23+/m0/s1. The number of para-hydroxylation sites is 1. The average molecular weight is 437 g/mol. The second kappa shape index (κ2) is 8.78. The van der Waals surface area contributed by atoms with E-state index in [0.717, 1.165) is 56.0 Å². The first kappa shape index (κ1) is 20.8. The van der Waals surface area contributed by atoms with Crippen molar-refractivity contribution in [2.75, 3.05) is 37.7 Å². The molecule has 1 amide bonds. The van der Waals surface area contributed by atoms with E-state index in [4.69, 9.17) is 4.74 Å². The zero-order valence-electron chi connectivity index (χ0n) is 18.0. The number of non-ortho nitro benzene ring substituents is 1. The third-order valence-corrected chi connectivity index (χ3v) is 6.67. The first-order valence-electron chi connectivity index (χ1n) is 11.3. The van der Waals surface area contributed by atoms with Gasteiger partial charge < -0.3 is 15.0 Å². The summed E-state index contributed by atoms with van der Waals surface area (Å²) in [7, 11) is 0. The third-order valence-electron chi connectivity index (χ3n) is 6.67. The Bertz CT molecular complexity index is 995. The lowest BCUT2D eigenvalue weighted by Crippen LogP contribution is -2.61. The number of carbonyl (C=O) groups is 1. The maximum atomic E-state index is 13.1. The molecular formula is C24H28N4O4. The minimum Gasteiger partial charge on any atom is -0.492 e. The lowest BCUT2D eigenvalue weighted by molar-refractivity contribution is -0.384. The highest BCUT2D eigenvalue weighted by molar-refractivity contribution is 5.82. The Labute approximate surface area is 187 Å². The molecule has 2 fully saturated rings. The maximum Gasteiger partial charge on any atom is 0.269 e. The lowest BCUT2D eigenvalue weighted by atomic mass is 9.83. The second-order valence-corrected chi connectivity index (χ2v) is 8.89. The summed E-state index contributed by atoms with van der Waals surface area (Å²) in [4.78, 5) is 28.7. The number of carbonyl (C=O) groups excluding carboxylic acids is 1. The molecule has 168 valence electrons. The highest BCUT2D eigenvalue weighted by Crippen LogP contribution is 2.38. The Kier molecular flexibility index (Phi) is 5.70. The van der Waals surface area contributed by atoms with Crippen LogP contribution in [0.5, 0.6) is 5.75 Å². The number of nitrogens with zero attached hydrogens (tertiary/aromatic N) is 3. The predicted molar refractivity (Wildman–Crippen MR) is 121 cm³/mol. The number of fused-ring (bicyclic) bond motifs is 3. The topological polar surface area (TPSA) is 87.9 Å². The van der Waals surface area contributed by atoms with Crippen molar-refractivity contribution in [2.45, 2.75) is 31.3 Å². The molecule has 2 aromatic rings. The minimum absolute atomic E-state index is 0.0492. The van der Waals surface area contributed by atoms with E-state index in [9.17, 15) is 14.9 Å². The van der Waals surface area contributed by atoms with E-state index < -0.39 is 0 Å². The van der Waals surface area contributed by atoms with Crippen molar-refractivity contribution in [2.24, 2.45) is 5.92 Å². The van der Waals surface area contributed by atoms with Crippen LogP contribution in [0, 0.1) is 16.0 Å². The number of rotatable bonds is 7. The Morgan fingerprint density at radius 1 is 1.16 bits per heavy atom. The van der Waals surface area contributed by atoms with Gasteiger partial charge in [0.25, 0.3) is 5.69 Å². The predicted octanol–water partition coefficient (Wildman–Crippen LogP) is 2.62. The van der Waals surface area contributed by atoms with Gasteiger partial charge in [0, 0.05) is 50.0 Å². The summed E-state index contributed by atoms with van der Waals surface area (Å²) in [6.45, 7) is 3.81. The molecule has 1 saturated carbocycles. The molecule has 0 unspecified atom stereocenters. The van der Waals surface area contributed by atoms with Gasteiger partial charge in [-0.05, 0) is 43.0 Å². The summed E-state index contributed by atoms with van der Waals surface area (Å²) in [6.07, 6.45) is 2.61. The van der Waals surface area contributed by atoms with Gasteiger partial charge >= 0.3 is 0 Å². The monoisotopic (exact) mass is 436 g/mol. The van der Waals surface area contributed by atoms with Crippen LogP contribution in [-0.4, -0.2) is 60.6 Å². The molecule has 0 aromatic heterocycles. The number of amides is 1. The molecule has 8 nitrogen and oxygen atoms in total. The average Bonchev–Trinajstić information content (AvgIpc) is 3.62. The number of ether oxygens (including phenoxy) is 1. The zero-order valence-corrected chi connectivity index (χ0v) is 18.0. The maximum absolute atomic E-state index is 13.1. The molecule has 0 bridgehead atoms. The normalized spacial score (nSPS) is 22.6. The number of benzene rings is 2. The van der Waals surface area contributed by atoms with Crippen LogP contribution >= 0.6 is 0 Å². The van der Waals surface area contributed by atoms with Crippen LogP contribution in [0.25, 0.3) is 0 Å². The lowest BCUT2D eigenvalue weighted by Gasteiger charge is -2.49. The molecule has 32 heavy (non-hydrogen) atoms. The number of hydrogen-bond acceptors (Lipinski definition) is 6. The van der Waals surface area contributed by atoms with E-state index >= 15 is 0 Å². The molecule has 1 N–H and O–H groups in total. The molecule has 8 heteroatoms. The Balaban J connectivity index is 1.31. The van der Waals surface area contributed by atoms with Gasteiger partial charge in [0.1, 0.15) is 12.4 Å². The molecule has 2 heterocycles. The molecule has 2 aliphatic heterocycles. The summed E-state index contributed by atoms with van der Waals surface area (Å²) in [5.74, 6) is 0.714. The van der Waals surface area contributed by atoms with Crippen LogP contribution < -0.4 is 15.0 Å². The van der Waals surface area contributed by atoms with Gasteiger partial charge in [-0.2, -0.15) is 0 Å². The van der Waals surface area contributed by atoms with Gasteiger partial charge in [-0.1, -0.05) is 18.2 Å². The van der Waals surface area contributed by atoms with Crippen molar-refractivity contribution in [1.82, 2.24) is 10.2 Å². The first-order chi connectivity index (χ1) is 15.6. The van der Waals surface area contributed by atoms with E-state index in [2.05, 4.69) is 15.1 Å². The molecule has 3 aliphatic rings. The SMILES string of the molecule is O=C(NC1CC1)[C@H]1Cc2cc([N+](=O)[O-])ccc2N2CCN(CCOc3ccccc3)C[C@H]12. The Morgan fingerprint density at radius 2 is 1.97 bits per heavy atom. The molecule has 1 aliphatic carbocycles. The largest absolute Gasteiger partial charge is 0.492 e. The van der Waals surface area contributed by atoms with Crippen LogP contribution in [-0.2, 0) is 11.2 Å². The first-order valence-corrected chi connectivity index (χ1v) is 11.3. The fourth-order valence-electron chi connectivity index (χ4n) is 4.83. The van der Waals surface area contributed by atoms with Gasteiger partial charge in [0.2, 0.25) is 5.91 Å². The summed E-state index contributed by atoms with van der Waals surface area (Å²) in [5.41, 5.74) is 2.00. The van der Waals surface area contributed by atoms with Gasteiger partial charge in [-0.3, -0.25) is 19.8 Å². The third kappa shape index (κ3) is 4.41. The summed E-state index contributed by atoms with van der Waals surface area (Å²) < 4.78 is 5.87. The van der Waals surface area contributed by atoms with Crippen molar-refractivity contribution >= 4 is 17.3 Å². The van der Waals surface area contributed by atoms with E-state index in [1.165, 1.54) is 0 Å². The quantitative estimate of drug-likeness (QED) is 0.530. The van der Waals surface area contributed by atoms with Gasteiger partial charge in [0.05, 0.1) is 16.9 Å². The smallest absolute Gasteiger partial charge is 0.269 e. The molecule has 0 spiro atoms. The summed E-state index contributed by atoms with van der Waals surface area (Å²) in [5, 5.41) is 14.4. The van der Waals surface area contributed by atoms with Gasteiger partial charge in [-0.25, -0.2) is 0 Å². The molecule has 2 aromatic carbocycles. The van der Waals surface area contributed by atoms with Crippen molar-refractivity contribution in [3.8, 4) is 5.75 Å². The minimum atomic E-state index is -0.365. The Morgan fingerprint density at radius 3 is 2.72 bits per heavy atom. The summed E-state index contributed by atoms with van der Waals surface area (Å²) in [6, 6.07) is 15.2. The van der Waals surface area contributed by atoms with Gasteiger partial charge in [0.15, 0.2) is 0 Å². The number of nitro benzene ring substituents is 1. The highest BCUT2D eigenvalue weighted by atomic mass is 16.6. The van der Waals surface area contributed by atoms with Crippen LogP contribution in [0.4, 0.5) is 11.4 Å². The number of piperazine rings is 1. The fourth-order valence-corrected chi connectivity index (χ4v) is 4.83. The van der Waals surface area contributed by atoms with Crippen molar-refractivity contribution in [3.63, 3.8) is 0 Å². The number of nitrogens with one attached hydrogen (secondary N) is 1. The van der Waals surface area contributed by atoms with E-state index in [-0.39, 0.29) is 28.5 Å². The molecule has 1 saturated heterocycles. The van der Waals surface area contributed by atoms with Crippen LogP contribution in [0.3, 0.4) is 0 Å². The molecule has 5 rings (SSSR count).